The van der Waals surface area contributed by atoms with E-state index in [1.54, 1.807) is 0 Å². The normalized spacial score (nSPS) is 22.7. The largest absolute Gasteiger partial charge is 0.252 e. The summed E-state index contributed by atoms with van der Waals surface area (Å²) in [5, 5.41) is 0.406. The van der Waals surface area contributed by atoms with Crippen LogP contribution < -0.4 is 0 Å². The molecule has 0 unspecified atom stereocenters. The molecule has 3 aromatic rings. The Morgan fingerprint density at radius 2 is 1.54 bits per heavy atom. The summed E-state index contributed by atoms with van der Waals surface area (Å²) in [5.74, 6) is 0.448. The molecule has 1 aliphatic heterocycles. The van der Waals surface area contributed by atoms with Crippen LogP contribution in [0.5, 0.6) is 0 Å². The molecule has 1 nitrogen and oxygen atoms in total. The van der Waals surface area contributed by atoms with Crippen LogP contribution in [0.2, 0.25) is 0 Å². The fraction of sp³-hybridized carbons (Fsp3) is 0.192. The highest BCUT2D eigenvalue weighted by Gasteiger charge is 2.35. The quantitative estimate of drug-likeness (QED) is 0.448. The molecule has 5 rings (SSSR count). The third-order valence-electron chi connectivity index (χ3n) is 5.64. The van der Waals surface area contributed by atoms with E-state index in [0.29, 0.717) is 11.2 Å². The summed E-state index contributed by atoms with van der Waals surface area (Å²) in [6.07, 6.45) is 5.89. The van der Waals surface area contributed by atoms with Gasteiger partial charge in [-0.25, -0.2) is 0 Å². The molecule has 138 valence electrons. The van der Waals surface area contributed by atoms with E-state index in [-0.39, 0.29) is 0 Å². The van der Waals surface area contributed by atoms with Crippen molar-refractivity contribution in [3.8, 4) is 0 Å². The second kappa shape index (κ2) is 7.81. The second-order valence-corrected chi connectivity index (χ2v) is 8.68. The maximum atomic E-state index is 5.24. The number of hydrogen-bond donors (Lipinski definition) is 0. The highest BCUT2D eigenvalue weighted by Crippen LogP contribution is 2.51. The monoisotopic (exact) mass is 381 g/mol. The van der Waals surface area contributed by atoms with Crippen molar-refractivity contribution in [3.63, 3.8) is 0 Å². The van der Waals surface area contributed by atoms with Crippen molar-refractivity contribution in [2.75, 3.05) is 0 Å². The minimum Gasteiger partial charge on any atom is -0.252 e. The Balaban J connectivity index is 1.64. The first kappa shape index (κ1) is 17.5. The van der Waals surface area contributed by atoms with Crippen LogP contribution in [0.25, 0.3) is 6.08 Å². The zero-order valence-electron chi connectivity index (χ0n) is 15.8. The lowest BCUT2D eigenvalue weighted by molar-refractivity contribution is 0.555. The van der Waals surface area contributed by atoms with Crippen molar-refractivity contribution in [1.82, 2.24) is 0 Å². The van der Waals surface area contributed by atoms with Gasteiger partial charge >= 0.3 is 0 Å². The number of rotatable bonds is 2. The van der Waals surface area contributed by atoms with E-state index < -0.39 is 0 Å². The molecule has 0 amide bonds. The summed E-state index contributed by atoms with van der Waals surface area (Å²) >= 11 is 1.98. The zero-order chi connectivity index (χ0) is 18.8. The summed E-state index contributed by atoms with van der Waals surface area (Å²) < 4.78 is 0. The molecule has 2 atom stereocenters. The minimum absolute atomic E-state index is 0.406. The Labute approximate surface area is 171 Å². The number of hydrogen-bond acceptors (Lipinski definition) is 2. The number of allylic oxidation sites excluding steroid dienone is 1. The molecule has 2 heteroatoms. The molecule has 0 aromatic heterocycles. The van der Waals surface area contributed by atoms with Crippen LogP contribution in [0, 0.1) is 5.92 Å². The lowest BCUT2D eigenvalue weighted by atomic mass is 9.79. The van der Waals surface area contributed by atoms with Crippen molar-refractivity contribution in [1.29, 1.82) is 0 Å². The van der Waals surface area contributed by atoms with Gasteiger partial charge < -0.3 is 0 Å². The number of fused-ring (bicyclic) bond motifs is 2. The number of thioether (sulfide) groups is 1. The number of benzene rings is 3. The fourth-order valence-corrected chi connectivity index (χ4v) is 5.69. The number of nitrogens with zero attached hydrogens (tertiary/aromatic N) is 1. The van der Waals surface area contributed by atoms with Gasteiger partial charge in [0.05, 0.1) is 5.69 Å². The third kappa shape index (κ3) is 3.45. The van der Waals surface area contributed by atoms with Gasteiger partial charge in [-0.2, -0.15) is 0 Å². The standard InChI is InChI=1S/C26H23NS/c1-3-10-19(11-4-1)18-21-14-9-15-22-25(21)27-23-16-7-8-17-24(23)28-26(22)20-12-5-2-6-13-20/h1-8,10-13,16-18,22,26H,9,14-15H2/b21-18+/t22-,26-/m0/s1. The average molecular weight is 382 g/mol. The van der Waals surface area contributed by atoms with E-state index in [9.17, 15) is 0 Å². The highest BCUT2D eigenvalue weighted by atomic mass is 32.2. The van der Waals surface area contributed by atoms with Crippen LogP contribution in [0.15, 0.2) is 100 Å². The van der Waals surface area contributed by atoms with E-state index >= 15 is 0 Å². The lowest BCUT2D eigenvalue weighted by Gasteiger charge is -2.31. The molecule has 1 fully saturated rings. The SMILES string of the molecule is C(=C1/CCC[C@H]2C1=Nc1ccccc1S[C@H]2c1ccccc1)/c1ccccc1. The van der Waals surface area contributed by atoms with Crippen molar-refractivity contribution in [3.05, 3.63) is 102 Å². The summed E-state index contributed by atoms with van der Waals surface area (Å²) in [6.45, 7) is 0. The van der Waals surface area contributed by atoms with Gasteiger partial charge in [-0.1, -0.05) is 72.8 Å². The smallest absolute Gasteiger partial charge is 0.0769 e. The molecule has 1 aliphatic carbocycles. The zero-order valence-corrected chi connectivity index (χ0v) is 16.6. The van der Waals surface area contributed by atoms with Gasteiger partial charge in [0, 0.05) is 21.8 Å². The van der Waals surface area contributed by atoms with E-state index in [1.807, 2.05) is 11.8 Å². The maximum absolute atomic E-state index is 5.24. The second-order valence-electron chi connectivity index (χ2n) is 7.49. The van der Waals surface area contributed by atoms with Gasteiger partial charge in [0.25, 0.3) is 0 Å². The van der Waals surface area contributed by atoms with Crippen molar-refractivity contribution >= 4 is 29.2 Å². The molecule has 2 aliphatic rings. The van der Waals surface area contributed by atoms with Crippen molar-refractivity contribution in [2.45, 2.75) is 29.4 Å². The molecular formula is C26H23NS. The highest BCUT2D eigenvalue weighted by molar-refractivity contribution is 7.99. The van der Waals surface area contributed by atoms with E-state index in [4.69, 9.17) is 4.99 Å². The van der Waals surface area contributed by atoms with Crippen LogP contribution >= 0.6 is 11.8 Å². The fourth-order valence-electron chi connectivity index (χ4n) is 4.30. The van der Waals surface area contributed by atoms with E-state index in [2.05, 4.69) is 91.0 Å². The van der Waals surface area contributed by atoms with Gasteiger partial charge in [-0.15, -0.1) is 11.8 Å². The Kier molecular flexibility index (Phi) is 4.88. The Morgan fingerprint density at radius 1 is 0.821 bits per heavy atom. The molecule has 0 spiro atoms. The Hall–Kier alpha value is -2.58. The first-order chi connectivity index (χ1) is 13.9. The summed E-state index contributed by atoms with van der Waals surface area (Å²) in [6, 6.07) is 30.3. The minimum atomic E-state index is 0.406. The summed E-state index contributed by atoms with van der Waals surface area (Å²) in [4.78, 5) is 6.53. The summed E-state index contributed by atoms with van der Waals surface area (Å²) in [5.41, 5.74) is 6.49. The van der Waals surface area contributed by atoms with E-state index in [1.165, 1.54) is 40.1 Å². The van der Waals surface area contributed by atoms with Crippen molar-refractivity contribution < 1.29 is 0 Å². The third-order valence-corrected chi connectivity index (χ3v) is 7.09. The topological polar surface area (TPSA) is 12.4 Å². The molecule has 3 aromatic carbocycles. The Morgan fingerprint density at radius 3 is 2.36 bits per heavy atom. The number of aliphatic imine (C=N–C) groups is 1. The molecule has 0 N–H and O–H groups in total. The van der Waals surface area contributed by atoms with E-state index in [0.717, 1.165) is 12.1 Å². The van der Waals surface area contributed by atoms with Crippen molar-refractivity contribution in [2.24, 2.45) is 10.9 Å². The maximum Gasteiger partial charge on any atom is 0.0769 e. The molecule has 0 radical (unpaired) electrons. The Bertz CT molecular complexity index is 1020. The molecule has 0 bridgehead atoms. The van der Waals surface area contributed by atoms with Crippen LogP contribution in [0.4, 0.5) is 5.69 Å². The predicted octanol–water partition coefficient (Wildman–Crippen LogP) is 7.49. The van der Waals surface area contributed by atoms with Crippen LogP contribution in [-0.2, 0) is 0 Å². The molecule has 0 saturated heterocycles. The van der Waals surface area contributed by atoms with Gasteiger partial charge in [0.2, 0.25) is 0 Å². The summed E-state index contributed by atoms with van der Waals surface area (Å²) in [7, 11) is 0. The molecule has 1 saturated carbocycles. The van der Waals surface area contributed by atoms with Crippen LogP contribution in [-0.4, -0.2) is 5.71 Å². The van der Waals surface area contributed by atoms with Gasteiger partial charge in [0.15, 0.2) is 0 Å². The lowest BCUT2D eigenvalue weighted by Crippen LogP contribution is -2.25. The molecule has 1 heterocycles. The van der Waals surface area contributed by atoms with Gasteiger partial charge in [-0.05, 0) is 54.2 Å². The molecular weight excluding hydrogens is 358 g/mol. The van der Waals surface area contributed by atoms with Crippen LogP contribution in [0.3, 0.4) is 0 Å². The first-order valence-electron chi connectivity index (χ1n) is 10.0. The first-order valence-corrected chi connectivity index (χ1v) is 10.9. The number of para-hydroxylation sites is 1. The molecule has 28 heavy (non-hydrogen) atoms. The van der Waals surface area contributed by atoms with Gasteiger partial charge in [0.1, 0.15) is 0 Å². The average Bonchev–Trinajstić information content (AvgIpc) is 2.93. The predicted molar refractivity (Wildman–Crippen MR) is 120 cm³/mol. The van der Waals surface area contributed by atoms with Gasteiger partial charge in [-0.3, -0.25) is 4.99 Å². The van der Waals surface area contributed by atoms with Crippen LogP contribution in [0.1, 0.15) is 35.6 Å².